The Hall–Kier alpha value is -1.78. The summed E-state index contributed by atoms with van der Waals surface area (Å²) in [6, 6.07) is 19.1. The number of piperidine rings is 1. The van der Waals surface area contributed by atoms with E-state index in [-0.39, 0.29) is 11.8 Å². The quantitative estimate of drug-likeness (QED) is 0.463. The lowest BCUT2D eigenvalue weighted by Gasteiger charge is -2.32. The fourth-order valence-corrected chi connectivity index (χ4v) is 4.50. The molecule has 1 heterocycles. The number of nitrogens with one attached hydrogen (secondary N) is 1. The van der Waals surface area contributed by atoms with E-state index in [1.807, 2.05) is 31.7 Å². The smallest absolute Gasteiger partial charge is 0.226 e. The number of anilines is 1. The van der Waals surface area contributed by atoms with E-state index < -0.39 is 0 Å². The topological polar surface area (TPSA) is 32.3 Å². The average molecular weight is 397 g/mol. The first-order valence-corrected chi connectivity index (χ1v) is 11.4. The molecule has 0 aliphatic carbocycles. The molecule has 3 rings (SSSR count). The number of benzene rings is 2. The number of carbonyl (C=O) groups is 1. The van der Waals surface area contributed by atoms with Gasteiger partial charge in [0, 0.05) is 16.5 Å². The summed E-state index contributed by atoms with van der Waals surface area (Å²) in [4.78, 5) is 15.9. The van der Waals surface area contributed by atoms with Crippen LogP contribution in [0.5, 0.6) is 0 Å². The van der Waals surface area contributed by atoms with Gasteiger partial charge < -0.3 is 10.2 Å². The minimum Gasteiger partial charge on any atom is -0.326 e. The summed E-state index contributed by atoms with van der Waals surface area (Å²) in [5, 5.41) is 3.03. The van der Waals surface area contributed by atoms with Crippen LogP contribution in [0.25, 0.3) is 0 Å². The zero-order valence-corrected chi connectivity index (χ0v) is 17.9. The van der Waals surface area contributed by atoms with E-state index >= 15 is 0 Å². The second kappa shape index (κ2) is 10.7. The zero-order valence-electron chi connectivity index (χ0n) is 17.1. The highest BCUT2D eigenvalue weighted by atomic mass is 32.2. The third-order valence-corrected chi connectivity index (χ3v) is 6.47. The zero-order chi connectivity index (χ0) is 19.8. The second-order valence-corrected chi connectivity index (χ2v) is 9.07. The van der Waals surface area contributed by atoms with Gasteiger partial charge in [0.15, 0.2) is 0 Å². The van der Waals surface area contributed by atoms with Crippen LogP contribution < -0.4 is 5.32 Å². The molecule has 2 aromatic rings. The minimum absolute atomic E-state index is 0.00643. The highest BCUT2D eigenvalue weighted by Gasteiger charge is 2.20. The van der Waals surface area contributed by atoms with E-state index in [0.29, 0.717) is 5.92 Å². The van der Waals surface area contributed by atoms with Crippen molar-refractivity contribution in [3.05, 3.63) is 60.2 Å². The van der Waals surface area contributed by atoms with Crippen molar-refractivity contribution in [3.8, 4) is 0 Å². The molecule has 3 nitrogen and oxygen atoms in total. The van der Waals surface area contributed by atoms with Crippen molar-refractivity contribution in [1.82, 2.24) is 4.90 Å². The third-order valence-electron chi connectivity index (χ3n) is 5.37. The summed E-state index contributed by atoms with van der Waals surface area (Å²) in [7, 11) is 0. The molecule has 0 atom stereocenters. The maximum Gasteiger partial charge on any atom is 0.226 e. The molecule has 1 aliphatic rings. The van der Waals surface area contributed by atoms with Gasteiger partial charge in [-0.2, -0.15) is 0 Å². The van der Waals surface area contributed by atoms with Gasteiger partial charge in [0.25, 0.3) is 0 Å². The minimum atomic E-state index is 0.00643. The van der Waals surface area contributed by atoms with E-state index in [1.165, 1.54) is 55.1 Å². The Bertz CT molecular complexity index is 739. The largest absolute Gasteiger partial charge is 0.326 e. The lowest BCUT2D eigenvalue weighted by atomic mass is 9.89. The van der Waals surface area contributed by atoms with Gasteiger partial charge in [-0.3, -0.25) is 4.79 Å². The molecule has 1 fully saturated rings. The second-order valence-electron chi connectivity index (χ2n) is 7.90. The third kappa shape index (κ3) is 6.39. The summed E-state index contributed by atoms with van der Waals surface area (Å²) >= 11 is 1.95. The van der Waals surface area contributed by atoms with Crippen LogP contribution in [0, 0.1) is 5.92 Å². The molecule has 0 spiro atoms. The number of likely N-dealkylation sites (tertiary alicyclic amines) is 1. The normalized spacial score (nSPS) is 15.7. The molecule has 2 aromatic carbocycles. The Morgan fingerprint density at radius 1 is 1.11 bits per heavy atom. The van der Waals surface area contributed by atoms with Crippen LogP contribution in [0.15, 0.2) is 59.5 Å². The lowest BCUT2D eigenvalue weighted by molar-refractivity contribution is -0.118. The number of thioether (sulfide) groups is 1. The molecule has 0 bridgehead atoms. The van der Waals surface area contributed by atoms with Gasteiger partial charge in [0.2, 0.25) is 5.91 Å². The first-order chi connectivity index (χ1) is 13.6. The Labute approximate surface area is 173 Å². The van der Waals surface area contributed by atoms with E-state index in [2.05, 4.69) is 58.7 Å². The molecule has 150 valence electrons. The Morgan fingerprint density at radius 3 is 2.57 bits per heavy atom. The van der Waals surface area contributed by atoms with Crippen LogP contribution in [-0.2, 0) is 4.79 Å². The summed E-state index contributed by atoms with van der Waals surface area (Å²) in [5.41, 5.74) is 2.29. The number of nitrogens with zero attached hydrogens (tertiary/aromatic N) is 1. The molecular formula is C24H32N2OS. The molecule has 4 heteroatoms. The number of carbonyl (C=O) groups excluding carboxylic acids is 1. The molecule has 0 unspecified atom stereocenters. The molecule has 1 N–H and O–H groups in total. The predicted octanol–water partition coefficient (Wildman–Crippen LogP) is 5.64. The molecule has 0 aromatic heterocycles. The molecule has 1 saturated heterocycles. The molecule has 1 amide bonds. The summed E-state index contributed by atoms with van der Waals surface area (Å²) in [5.74, 6) is 1.87. The molecule has 0 saturated carbocycles. The molecule has 1 aliphatic heterocycles. The molecule has 28 heavy (non-hydrogen) atoms. The van der Waals surface area contributed by atoms with Crippen LogP contribution in [-0.4, -0.2) is 36.2 Å². The van der Waals surface area contributed by atoms with Crippen molar-refractivity contribution in [1.29, 1.82) is 0 Å². The number of rotatable bonds is 8. The van der Waals surface area contributed by atoms with E-state index in [9.17, 15) is 4.79 Å². The fraction of sp³-hybridized carbons (Fsp3) is 0.458. The van der Waals surface area contributed by atoms with Crippen molar-refractivity contribution in [2.45, 2.75) is 43.9 Å². The SMILES string of the molecule is CC(C)C(=O)Nc1cccc(C2CCN(CCCSc3ccccc3)CC2)c1. The van der Waals surface area contributed by atoms with Crippen LogP contribution in [0.3, 0.4) is 0 Å². The number of amides is 1. The Balaban J connectivity index is 1.40. The standard InChI is InChI=1S/C24H32N2OS/c1-19(2)24(27)25-22-9-6-8-21(18-22)20-12-15-26(16-13-20)14-7-17-28-23-10-4-3-5-11-23/h3-6,8-11,18-20H,7,12-17H2,1-2H3,(H,25,27). The Morgan fingerprint density at radius 2 is 1.86 bits per heavy atom. The Kier molecular flexibility index (Phi) is 7.99. The first-order valence-electron chi connectivity index (χ1n) is 10.4. The van der Waals surface area contributed by atoms with Crippen molar-refractivity contribution in [3.63, 3.8) is 0 Å². The monoisotopic (exact) mass is 396 g/mol. The summed E-state index contributed by atoms with van der Waals surface area (Å²) in [6.07, 6.45) is 3.64. The summed E-state index contributed by atoms with van der Waals surface area (Å²) < 4.78 is 0. The van der Waals surface area contributed by atoms with Crippen molar-refractivity contribution >= 4 is 23.4 Å². The van der Waals surface area contributed by atoms with Crippen molar-refractivity contribution < 1.29 is 4.79 Å². The first kappa shape index (κ1) is 20.9. The van der Waals surface area contributed by atoms with Gasteiger partial charge in [-0.25, -0.2) is 0 Å². The maximum absolute atomic E-state index is 11.9. The van der Waals surface area contributed by atoms with Crippen LogP contribution in [0.1, 0.15) is 44.6 Å². The average Bonchev–Trinajstić information content (AvgIpc) is 2.72. The van der Waals surface area contributed by atoms with Gasteiger partial charge in [-0.15, -0.1) is 11.8 Å². The number of hydrogen-bond donors (Lipinski definition) is 1. The molecular weight excluding hydrogens is 364 g/mol. The van der Waals surface area contributed by atoms with Gasteiger partial charge in [0.1, 0.15) is 0 Å². The fourth-order valence-electron chi connectivity index (χ4n) is 3.64. The van der Waals surface area contributed by atoms with Crippen LogP contribution >= 0.6 is 11.8 Å². The van der Waals surface area contributed by atoms with Gasteiger partial charge in [0.05, 0.1) is 0 Å². The van der Waals surface area contributed by atoms with E-state index in [0.717, 1.165) is 5.69 Å². The number of hydrogen-bond acceptors (Lipinski definition) is 3. The van der Waals surface area contributed by atoms with Gasteiger partial charge >= 0.3 is 0 Å². The van der Waals surface area contributed by atoms with Crippen molar-refractivity contribution in [2.75, 3.05) is 30.7 Å². The maximum atomic E-state index is 11.9. The van der Waals surface area contributed by atoms with E-state index in [4.69, 9.17) is 0 Å². The van der Waals surface area contributed by atoms with Gasteiger partial charge in [-0.05, 0) is 80.4 Å². The van der Waals surface area contributed by atoms with Crippen molar-refractivity contribution in [2.24, 2.45) is 5.92 Å². The van der Waals surface area contributed by atoms with E-state index in [1.54, 1.807) is 0 Å². The highest BCUT2D eigenvalue weighted by molar-refractivity contribution is 7.99. The van der Waals surface area contributed by atoms with Crippen LogP contribution in [0.4, 0.5) is 5.69 Å². The predicted molar refractivity (Wildman–Crippen MR) is 120 cm³/mol. The summed E-state index contributed by atoms with van der Waals surface area (Å²) in [6.45, 7) is 7.38. The van der Waals surface area contributed by atoms with Gasteiger partial charge in [-0.1, -0.05) is 44.2 Å². The highest BCUT2D eigenvalue weighted by Crippen LogP contribution is 2.30. The molecule has 0 radical (unpaired) electrons. The lowest BCUT2D eigenvalue weighted by Crippen LogP contribution is -2.33. The van der Waals surface area contributed by atoms with Crippen LogP contribution in [0.2, 0.25) is 0 Å².